The van der Waals surface area contributed by atoms with Crippen LogP contribution in [0.15, 0.2) is 29.2 Å². The van der Waals surface area contributed by atoms with Gasteiger partial charge in [-0.3, -0.25) is 9.69 Å². The standard InChI is InChI=1S/C19H29N3O4S/c1-15-11-16(2)13-21(12-15)14-19(23)20-17-3-5-18(6-4-17)27(24,25)22-7-9-26-10-8-22/h3-6,15-16H,7-14H2,1-2H3,(H,20,23)/t15-,16+. The van der Waals surface area contributed by atoms with Crippen molar-refractivity contribution in [2.24, 2.45) is 11.8 Å². The van der Waals surface area contributed by atoms with Gasteiger partial charge in [-0.2, -0.15) is 4.31 Å². The molecule has 8 heteroatoms. The maximum atomic E-state index is 12.6. The van der Waals surface area contributed by atoms with Crippen LogP contribution in [0.1, 0.15) is 20.3 Å². The molecule has 1 N–H and O–H groups in total. The van der Waals surface area contributed by atoms with E-state index in [4.69, 9.17) is 4.74 Å². The summed E-state index contributed by atoms with van der Waals surface area (Å²) in [5.74, 6) is 1.14. The highest BCUT2D eigenvalue weighted by molar-refractivity contribution is 7.89. The van der Waals surface area contributed by atoms with E-state index in [1.807, 2.05) is 0 Å². The molecule has 0 spiro atoms. The lowest BCUT2D eigenvalue weighted by Crippen LogP contribution is -2.42. The summed E-state index contributed by atoms with van der Waals surface area (Å²) < 4.78 is 31.9. The Labute approximate surface area is 161 Å². The third kappa shape index (κ3) is 5.28. The van der Waals surface area contributed by atoms with Crippen molar-refractivity contribution >= 4 is 21.6 Å². The molecule has 0 saturated carbocycles. The summed E-state index contributed by atoms with van der Waals surface area (Å²) in [6.45, 7) is 8.25. The number of benzene rings is 1. The van der Waals surface area contributed by atoms with Gasteiger partial charge in [0, 0.05) is 31.9 Å². The summed E-state index contributed by atoms with van der Waals surface area (Å²) in [4.78, 5) is 14.8. The maximum absolute atomic E-state index is 12.6. The van der Waals surface area contributed by atoms with E-state index in [1.165, 1.54) is 10.7 Å². The van der Waals surface area contributed by atoms with Gasteiger partial charge in [-0.15, -0.1) is 0 Å². The van der Waals surface area contributed by atoms with E-state index in [2.05, 4.69) is 24.1 Å². The van der Waals surface area contributed by atoms with Crippen molar-refractivity contribution in [2.75, 3.05) is 51.3 Å². The van der Waals surface area contributed by atoms with Crippen LogP contribution in [0.5, 0.6) is 0 Å². The number of hydrogen-bond donors (Lipinski definition) is 1. The molecule has 1 aromatic carbocycles. The SMILES string of the molecule is C[C@@H]1C[C@H](C)CN(CC(=O)Nc2ccc(S(=O)(=O)N3CCOCC3)cc2)C1. The van der Waals surface area contributed by atoms with E-state index in [-0.39, 0.29) is 10.8 Å². The molecule has 2 aliphatic rings. The fraction of sp³-hybridized carbons (Fsp3) is 0.632. The normalized spacial score (nSPS) is 25.3. The van der Waals surface area contributed by atoms with E-state index >= 15 is 0 Å². The Bertz CT molecular complexity index is 735. The van der Waals surface area contributed by atoms with Crippen LogP contribution in [0.2, 0.25) is 0 Å². The quantitative estimate of drug-likeness (QED) is 0.820. The van der Waals surface area contributed by atoms with Gasteiger partial charge in [-0.05, 0) is 42.5 Å². The molecule has 2 heterocycles. The van der Waals surface area contributed by atoms with Gasteiger partial charge >= 0.3 is 0 Å². The second-order valence-electron chi connectivity index (χ2n) is 7.73. The van der Waals surface area contributed by atoms with Gasteiger partial charge in [0.05, 0.1) is 24.7 Å². The van der Waals surface area contributed by atoms with Gasteiger partial charge in [-0.1, -0.05) is 13.8 Å². The molecular weight excluding hydrogens is 366 g/mol. The van der Waals surface area contributed by atoms with Crippen molar-refractivity contribution in [1.29, 1.82) is 0 Å². The fourth-order valence-corrected chi connectivity index (χ4v) is 5.38. The smallest absolute Gasteiger partial charge is 0.243 e. The Hall–Kier alpha value is -1.48. The van der Waals surface area contributed by atoms with Crippen LogP contribution >= 0.6 is 0 Å². The largest absolute Gasteiger partial charge is 0.379 e. The summed E-state index contributed by atoms with van der Waals surface area (Å²) in [7, 11) is -3.51. The Kier molecular flexibility index (Phi) is 6.52. The highest BCUT2D eigenvalue weighted by atomic mass is 32.2. The van der Waals surface area contributed by atoms with Gasteiger partial charge in [0.25, 0.3) is 0 Å². The third-order valence-electron chi connectivity index (χ3n) is 5.06. The predicted molar refractivity (Wildman–Crippen MR) is 104 cm³/mol. The average molecular weight is 396 g/mol. The highest BCUT2D eigenvalue weighted by Gasteiger charge is 2.26. The number of amides is 1. The molecular formula is C19H29N3O4S. The van der Waals surface area contributed by atoms with Crippen molar-refractivity contribution < 1.29 is 17.9 Å². The Morgan fingerprint density at radius 1 is 1.11 bits per heavy atom. The first kappa shape index (κ1) is 20.3. The number of nitrogens with zero attached hydrogens (tertiary/aromatic N) is 2. The Morgan fingerprint density at radius 2 is 1.70 bits per heavy atom. The molecule has 0 radical (unpaired) electrons. The minimum Gasteiger partial charge on any atom is -0.379 e. The molecule has 150 valence electrons. The van der Waals surface area contributed by atoms with Gasteiger partial charge in [-0.25, -0.2) is 8.42 Å². The maximum Gasteiger partial charge on any atom is 0.243 e. The van der Waals surface area contributed by atoms with Crippen LogP contribution in [0.3, 0.4) is 0 Å². The molecule has 2 saturated heterocycles. The molecule has 0 unspecified atom stereocenters. The molecule has 0 bridgehead atoms. The number of hydrogen-bond acceptors (Lipinski definition) is 5. The summed E-state index contributed by atoms with van der Waals surface area (Å²) in [6.07, 6.45) is 1.21. The number of likely N-dealkylation sites (tertiary alicyclic amines) is 1. The molecule has 1 aromatic rings. The molecule has 2 fully saturated rings. The van der Waals surface area contributed by atoms with Crippen molar-refractivity contribution in [3.8, 4) is 0 Å². The second kappa shape index (κ2) is 8.68. The minimum atomic E-state index is -3.51. The lowest BCUT2D eigenvalue weighted by Gasteiger charge is -2.34. The van der Waals surface area contributed by atoms with Crippen LogP contribution in [0, 0.1) is 11.8 Å². The monoisotopic (exact) mass is 395 g/mol. The number of carbonyl (C=O) groups is 1. The van der Waals surface area contributed by atoms with Gasteiger partial charge in [0.2, 0.25) is 15.9 Å². The van der Waals surface area contributed by atoms with Crippen molar-refractivity contribution in [1.82, 2.24) is 9.21 Å². The summed E-state index contributed by atoms with van der Waals surface area (Å²) in [5, 5.41) is 2.87. The number of anilines is 1. The fourth-order valence-electron chi connectivity index (χ4n) is 3.97. The van der Waals surface area contributed by atoms with Crippen LogP contribution in [0.4, 0.5) is 5.69 Å². The Balaban J connectivity index is 1.58. The summed E-state index contributed by atoms with van der Waals surface area (Å²) in [5.41, 5.74) is 0.610. The molecule has 0 aromatic heterocycles. The lowest BCUT2D eigenvalue weighted by atomic mass is 9.92. The van der Waals surface area contributed by atoms with Crippen molar-refractivity contribution in [3.05, 3.63) is 24.3 Å². The van der Waals surface area contributed by atoms with Crippen LogP contribution in [-0.2, 0) is 19.6 Å². The first-order valence-electron chi connectivity index (χ1n) is 9.55. The zero-order chi connectivity index (χ0) is 19.4. The Morgan fingerprint density at radius 3 is 2.30 bits per heavy atom. The summed E-state index contributed by atoms with van der Waals surface area (Å²) in [6, 6.07) is 6.39. The number of piperidine rings is 1. The lowest BCUT2D eigenvalue weighted by molar-refractivity contribution is -0.117. The van der Waals surface area contributed by atoms with E-state index in [0.29, 0.717) is 50.4 Å². The number of carbonyl (C=O) groups excluding carboxylic acids is 1. The van der Waals surface area contributed by atoms with E-state index in [9.17, 15) is 13.2 Å². The van der Waals surface area contributed by atoms with Crippen LogP contribution in [0.25, 0.3) is 0 Å². The van der Waals surface area contributed by atoms with Gasteiger partial charge in [0.15, 0.2) is 0 Å². The van der Waals surface area contributed by atoms with Crippen LogP contribution < -0.4 is 5.32 Å². The van der Waals surface area contributed by atoms with Crippen molar-refractivity contribution in [3.63, 3.8) is 0 Å². The van der Waals surface area contributed by atoms with E-state index in [1.54, 1.807) is 24.3 Å². The molecule has 27 heavy (non-hydrogen) atoms. The molecule has 1 amide bonds. The van der Waals surface area contributed by atoms with Gasteiger partial charge < -0.3 is 10.1 Å². The zero-order valence-corrected chi connectivity index (χ0v) is 16.9. The number of nitrogens with one attached hydrogen (secondary N) is 1. The second-order valence-corrected chi connectivity index (χ2v) is 9.67. The highest BCUT2D eigenvalue weighted by Crippen LogP contribution is 2.21. The minimum absolute atomic E-state index is 0.0694. The first-order valence-corrected chi connectivity index (χ1v) is 11.0. The number of rotatable bonds is 5. The van der Waals surface area contributed by atoms with Gasteiger partial charge in [0.1, 0.15) is 0 Å². The zero-order valence-electron chi connectivity index (χ0n) is 16.1. The van der Waals surface area contributed by atoms with Crippen molar-refractivity contribution in [2.45, 2.75) is 25.2 Å². The van der Waals surface area contributed by atoms with Crippen LogP contribution in [-0.4, -0.2) is 69.5 Å². The molecule has 7 nitrogen and oxygen atoms in total. The van der Waals surface area contributed by atoms with E-state index < -0.39 is 10.0 Å². The molecule has 2 aliphatic heterocycles. The van der Waals surface area contributed by atoms with E-state index in [0.717, 1.165) is 13.1 Å². The molecule has 2 atom stereocenters. The number of morpholine rings is 1. The average Bonchev–Trinajstić information content (AvgIpc) is 2.62. The third-order valence-corrected chi connectivity index (χ3v) is 6.97. The number of ether oxygens (including phenoxy) is 1. The summed E-state index contributed by atoms with van der Waals surface area (Å²) >= 11 is 0. The first-order chi connectivity index (χ1) is 12.8. The topological polar surface area (TPSA) is 79.0 Å². The number of sulfonamides is 1. The predicted octanol–water partition coefficient (Wildman–Crippen LogP) is 1.62. The molecule has 0 aliphatic carbocycles. The molecule has 3 rings (SSSR count).